The van der Waals surface area contributed by atoms with Gasteiger partial charge in [0.15, 0.2) is 0 Å². The maximum atomic E-state index is 10.7. The first kappa shape index (κ1) is 24.3. The lowest BCUT2D eigenvalue weighted by Gasteiger charge is -2.36. The first-order valence-electron chi connectivity index (χ1n) is 11.4. The molecular formula is C28H42O2. The van der Waals surface area contributed by atoms with Gasteiger partial charge < -0.3 is 10.2 Å². The summed E-state index contributed by atoms with van der Waals surface area (Å²) >= 11 is 0. The quantitative estimate of drug-likeness (QED) is 0.534. The molecule has 0 saturated heterocycles. The summed E-state index contributed by atoms with van der Waals surface area (Å²) in [5.41, 5.74) is 6.44. The highest BCUT2D eigenvalue weighted by Gasteiger charge is 2.35. The summed E-state index contributed by atoms with van der Waals surface area (Å²) in [6.07, 6.45) is 2.68. The van der Waals surface area contributed by atoms with E-state index >= 15 is 0 Å². The van der Waals surface area contributed by atoms with Gasteiger partial charge in [-0.3, -0.25) is 0 Å². The maximum Gasteiger partial charge on any atom is 0.119 e. The van der Waals surface area contributed by atoms with E-state index in [1.807, 2.05) is 12.1 Å². The van der Waals surface area contributed by atoms with E-state index in [2.05, 4.69) is 81.4 Å². The molecule has 0 aliphatic carbocycles. The molecule has 0 aromatic heterocycles. The fraction of sp³-hybridized carbons (Fsp3) is 0.571. The molecule has 2 aromatic rings. The lowest BCUT2D eigenvalue weighted by molar-refractivity contribution is 0.440. The number of aryl methyl sites for hydroxylation is 2. The molecule has 0 radical (unpaired) electrons. The molecule has 2 N–H and O–H groups in total. The lowest BCUT2D eigenvalue weighted by atomic mass is 9.67. The standard InChI is InChI=1S/C28H42O2/c1-11-18-14-24(29)22(26(4,5)6)16-20(18)28(10,13-3)21-17-23(27(7,8)9)25(30)15-19(21)12-2/h14-17,29-30H,11-13H2,1-10H3. The van der Waals surface area contributed by atoms with E-state index in [-0.39, 0.29) is 16.2 Å². The normalized spacial score (nSPS) is 13.0. The number of phenols is 2. The molecule has 2 heteroatoms. The molecule has 0 amide bonds. The molecule has 2 nitrogen and oxygen atoms in total. The highest BCUT2D eigenvalue weighted by Crippen LogP contribution is 2.45. The van der Waals surface area contributed by atoms with Crippen LogP contribution in [0, 0.1) is 0 Å². The molecule has 0 heterocycles. The second kappa shape index (κ2) is 8.29. The molecule has 166 valence electrons. The zero-order chi connectivity index (χ0) is 23.1. The minimum atomic E-state index is -0.210. The van der Waals surface area contributed by atoms with Crippen molar-refractivity contribution in [2.45, 2.75) is 105 Å². The van der Waals surface area contributed by atoms with E-state index in [4.69, 9.17) is 0 Å². The largest absolute Gasteiger partial charge is 0.508 e. The third-order valence-corrected chi connectivity index (χ3v) is 6.72. The highest BCUT2D eigenvalue weighted by atomic mass is 16.3. The van der Waals surface area contributed by atoms with Crippen molar-refractivity contribution in [3.63, 3.8) is 0 Å². The Morgan fingerprint density at radius 2 is 0.900 bits per heavy atom. The predicted octanol–water partition coefficient (Wildman–Crippen LogP) is 7.53. The number of benzene rings is 2. The average Bonchev–Trinajstić information content (AvgIpc) is 2.64. The minimum absolute atomic E-state index is 0.140. The molecular weight excluding hydrogens is 368 g/mol. The number of phenolic OH excluding ortho intramolecular Hbond substituents is 2. The van der Waals surface area contributed by atoms with Crippen molar-refractivity contribution >= 4 is 0 Å². The van der Waals surface area contributed by atoms with Crippen LogP contribution in [0.3, 0.4) is 0 Å². The molecule has 0 aliphatic rings. The van der Waals surface area contributed by atoms with Crippen LogP contribution in [-0.4, -0.2) is 10.2 Å². The Kier molecular flexibility index (Phi) is 6.71. The van der Waals surface area contributed by atoms with Crippen LogP contribution in [-0.2, 0) is 29.1 Å². The van der Waals surface area contributed by atoms with Crippen LogP contribution >= 0.6 is 0 Å². The summed E-state index contributed by atoms with van der Waals surface area (Å²) in [5.74, 6) is 0.775. The van der Waals surface area contributed by atoms with Gasteiger partial charge in [0, 0.05) is 5.41 Å². The third kappa shape index (κ3) is 4.38. The van der Waals surface area contributed by atoms with E-state index in [1.165, 1.54) is 22.3 Å². The van der Waals surface area contributed by atoms with Gasteiger partial charge in [-0.15, -0.1) is 0 Å². The van der Waals surface area contributed by atoms with Crippen LogP contribution < -0.4 is 0 Å². The zero-order valence-corrected chi connectivity index (χ0v) is 20.8. The Morgan fingerprint density at radius 3 is 1.13 bits per heavy atom. The van der Waals surface area contributed by atoms with Gasteiger partial charge in [-0.1, -0.05) is 81.4 Å². The Bertz CT molecular complexity index is 836. The van der Waals surface area contributed by atoms with Gasteiger partial charge in [-0.05, 0) is 75.6 Å². The third-order valence-electron chi connectivity index (χ3n) is 6.72. The number of hydrogen-bond donors (Lipinski definition) is 2. The smallest absolute Gasteiger partial charge is 0.119 e. The Morgan fingerprint density at radius 1 is 0.567 bits per heavy atom. The molecule has 2 aromatic carbocycles. The Labute approximate surface area is 184 Å². The number of rotatable bonds is 5. The summed E-state index contributed by atoms with van der Waals surface area (Å²) in [6.45, 7) is 21.8. The van der Waals surface area contributed by atoms with Crippen LogP contribution in [0.15, 0.2) is 24.3 Å². The molecule has 30 heavy (non-hydrogen) atoms. The van der Waals surface area contributed by atoms with Crippen molar-refractivity contribution in [3.8, 4) is 11.5 Å². The highest BCUT2D eigenvalue weighted by molar-refractivity contribution is 5.55. The van der Waals surface area contributed by atoms with Crippen molar-refractivity contribution < 1.29 is 10.2 Å². The molecule has 0 aliphatic heterocycles. The Hall–Kier alpha value is -1.96. The molecule has 0 spiro atoms. The van der Waals surface area contributed by atoms with Gasteiger partial charge in [0.25, 0.3) is 0 Å². The fourth-order valence-corrected chi connectivity index (χ4v) is 4.60. The van der Waals surface area contributed by atoms with Gasteiger partial charge in [0.1, 0.15) is 11.5 Å². The molecule has 2 rings (SSSR count). The minimum Gasteiger partial charge on any atom is -0.508 e. The summed E-state index contributed by atoms with van der Waals surface area (Å²) in [5, 5.41) is 21.5. The predicted molar refractivity (Wildman–Crippen MR) is 129 cm³/mol. The summed E-state index contributed by atoms with van der Waals surface area (Å²) in [7, 11) is 0. The monoisotopic (exact) mass is 410 g/mol. The first-order valence-corrected chi connectivity index (χ1v) is 11.4. The van der Waals surface area contributed by atoms with Crippen LogP contribution in [0.2, 0.25) is 0 Å². The molecule has 0 unspecified atom stereocenters. The molecule has 0 bridgehead atoms. The van der Waals surface area contributed by atoms with Crippen molar-refractivity contribution in [3.05, 3.63) is 57.6 Å². The average molecular weight is 411 g/mol. The van der Waals surface area contributed by atoms with Crippen LogP contribution in [0.4, 0.5) is 0 Å². The first-order chi connectivity index (χ1) is 13.7. The second-order valence-electron chi connectivity index (χ2n) is 10.9. The van der Waals surface area contributed by atoms with E-state index < -0.39 is 0 Å². The van der Waals surface area contributed by atoms with Crippen molar-refractivity contribution in [2.75, 3.05) is 0 Å². The fourth-order valence-electron chi connectivity index (χ4n) is 4.60. The molecule has 0 atom stereocenters. The second-order valence-corrected chi connectivity index (χ2v) is 10.9. The van der Waals surface area contributed by atoms with Gasteiger partial charge in [-0.25, -0.2) is 0 Å². The van der Waals surface area contributed by atoms with Gasteiger partial charge in [-0.2, -0.15) is 0 Å². The Balaban J connectivity index is 2.92. The summed E-state index contributed by atoms with van der Waals surface area (Å²) in [4.78, 5) is 0. The molecule has 0 saturated carbocycles. The zero-order valence-electron chi connectivity index (χ0n) is 20.8. The maximum absolute atomic E-state index is 10.7. The van der Waals surface area contributed by atoms with E-state index in [0.717, 1.165) is 30.4 Å². The number of aromatic hydroxyl groups is 2. The van der Waals surface area contributed by atoms with Crippen molar-refractivity contribution in [1.29, 1.82) is 0 Å². The topological polar surface area (TPSA) is 40.5 Å². The number of hydrogen-bond acceptors (Lipinski definition) is 2. The lowest BCUT2D eigenvalue weighted by Crippen LogP contribution is -2.28. The van der Waals surface area contributed by atoms with Crippen LogP contribution in [0.5, 0.6) is 11.5 Å². The summed E-state index contributed by atoms with van der Waals surface area (Å²) < 4.78 is 0. The van der Waals surface area contributed by atoms with Crippen LogP contribution in [0.25, 0.3) is 0 Å². The van der Waals surface area contributed by atoms with Gasteiger partial charge in [0.2, 0.25) is 0 Å². The van der Waals surface area contributed by atoms with Gasteiger partial charge in [0.05, 0.1) is 0 Å². The van der Waals surface area contributed by atoms with Crippen LogP contribution in [0.1, 0.15) is 109 Å². The summed E-state index contributed by atoms with van der Waals surface area (Å²) in [6, 6.07) is 8.42. The van der Waals surface area contributed by atoms with Crippen molar-refractivity contribution in [2.24, 2.45) is 0 Å². The molecule has 0 fully saturated rings. The SMILES string of the molecule is CCc1cc(O)c(C(C)(C)C)cc1C(C)(CC)c1cc(C(C)(C)C)c(O)cc1CC. The van der Waals surface area contributed by atoms with E-state index in [0.29, 0.717) is 11.5 Å². The van der Waals surface area contributed by atoms with E-state index in [1.54, 1.807) is 0 Å². The van der Waals surface area contributed by atoms with E-state index in [9.17, 15) is 10.2 Å². The van der Waals surface area contributed by atoms with Crippen molar-refractivity contribution in [1.82, 2.24) is 0 Å². The van der Waals surface area contributed by atoms with Gasteiger partial charge >= 0.3 is 0 Å².